The van der Waals surface area contributed by atoms with E-state index in [1.165, 1.54) is 11.8 Å². The van der Waals surface area contributed by atoms with E-state index in [-0.39, 0.29) is 32.3 Å². The van der Waals surface area contributed by atoms with Gasteiger partial charge in [0.25, 0.3) is 0 Å². The fraction of sp³-hybridized carbons (Fsp3) is 0.882. The minimum absolute atomic E-state index is 0.0959. The molecule has 10 heteroatoms. The maximum absolute atomic E-state index is 11.4. The molecular formula is C17H33NO9. The van der Waals surface area contributed by atoms with Crippen molar-refractivity contribution in [2.24, 2.45) is 0 Å². The van der Waals surface area contributed by atoms with Crippen molar-refractivity contribution in [1.29, 1.82) is 0 Å². The topological polar surface area (TPSA) is 113 Å². The van der Waals surface area contributed by atoms with E-state index >= 15 is 0 Å². The molecule has 0 radical (unpaired) electrons. The second-order valence-corrected chi connectivity index (χ2v) is 5.62. The molecule has 0 spiro atoms. The molecule has 1 amide bonds. The summed E-state index contributed by atoms with van der Waals surface area (Å²) in [6.07, 6.45) is -0.934. The van der Waals surface area contributed by atoms with E-state index < -0.39 is 12.1 Å². The summed E-state index contributed by atoms with van der Waals surface area (Å²) in [5.74, 6) is -0.763. The highest BCUT2D eigenvalue weighted by Crippen LogP contribution is 1.93. The number of aliphatic hydroxyl groups is 1. The van der Waals surface area contributed by atoms with Gasteiger partial charge in [-0.1, -0.05) is 0 Å². The largest absolute Gasteiger partial charge is 0.461 e. The Morgan fingerprint density at radius 1 is 0.889 bits per heavy atom. The van der Waals surface area contributed by atoms with Crippen LogP contribution in [-0.2, 0) is 38.0 Å². The number of esters is 1. The van der Waals surface area contributed by atoms with Crippen molar-refractivity contribution in [3.63, 3.8) is 0 Å². The van der Waals surface area contributed by atoms with Gasteiger partial charge in [0, 0.05) is 27.6 Å². The van der Waals surface area contributed by atoms with E-state index in [1.807, 2.05) is 0 Å². The van der Waals surface area contributed by atoms with Crippen LogP contribution >= 0.6 is 0 Å². The first kappa shape index (κ1) is 25.7. The van der Waals surface area contributed by atoms with E-state index in [0.29, 0.717) is 46.2 Å². The first-order valence-electron chi connectivity index (χ1n) is 8.82. The summed E-state index contributed by atoms with van der Waals surface area (Å²) in [6.45, 7) is 4.60. The molecule has 0 aliphatic carbocycles. The molecule has 0 aliphatic rings. The number of carbonyl (C=O) groups is 2. The molecule has 1 atom stereocenters. The number of ether oxygens (including phenoxy) is 6. The van der Waals surface area contributed by atoms with Gasteiger partial charge in [-0.05, 0) is 0 Å². The lowest BCUT2D eigenvalue weighted by molar-refractivity contribution is -0.152. The summed E-state index contributed by atoms with van der Waals surface area (Å²) < 4.78 is 30.6. The number of carbonyl (C=O) groups excluding carboxylic acids is 2. The lowest BCUT2D eigenvalue weighted by Gasteiger charge is -2.19. The third-order valence-corrected chi connectivity index (χ3v) is 3.23. The van der Waals surface area contributed by atoms with Gasteiger partial charge in [0.1, 0.15) is 19.3 Å². The molecule has 0 aliphatic heterocycles. The highest BCUT2D eigenvalue weighted by molar-refractivity contribution is 5.73. The van der Waals surface area contributed by atoms with Crippen LogP contribution in [0.3, 0.4) is 0 Å². The molecule has 0 bridgehead atoms. The van der Waals surface area contributed by atoms with E-state index in [2.05, 4.69) is 0 Å². The van der Waals surface area contributed by atoms with Crippen LogP contribution in [0.2, 0.25) is 0 Å². The number of amides is 1. The van der Waals surface area contributed by atoms with E-state index in [1.54, 1.807) is 14.2 Å². The van der Waals surface area contributed by atoms with Gasteiger partial charge in [-0.2, -0.15) is 0 Å². The minimum Gasteiger partial charge on any atom is -0.461 e. The van der Waals surface area contributed by atoms with E-state index in [0.717, 1.165) is 0 Å². The Balaban J connectivity index is 3.35. The molecule has 0 saturated heterocycles. The zero-order valence-electron chi connectivity index (χ0n) is 16.5. The van der Waals surface area contributed by atoms with Crippen molar-refractivity contribution >= 4 is 11.9 Å². The van der Waals surface area contributed by atoms with Gasteiger partial charge >= 0.3 is 5.97 Å². The zero-order chi connectivity index (χ0) is 20.3. The molecule has 0 unspecified atom stereocenters. The normalized spacial score (nSPS) is 12.0. The van der Waals surface area contributed by atoms with Crippen molar-refractivity contribution < 1.29 is 43.1 Å². The minimum atomic E-state index is -0.934. The SMILES string of the molecule is COCCOCCOCCOCCOCC(=O)OC[C@@H](O)CN(C)C(C)=O. The summed E-state index contributed by atoms with van der Waals surface area (Å²) in [7, 11) is 3.17. The lowest BCUT2D eigenvalue weighted by atomic mass is 10.3. The lowest BCUT2D eigenvalue weighted by Crippen LogP contribution is -2.35. The predicted octanol–water partition coefficient (Wildman–Crippen LogP) is -0.918. The molecule has 0 rings (SSSR count). The Hall–Kier alpha value is -1.30. The first-order valence-corrected chi connectivity index (χ1v) is 8.82. The van der Waals surface area contributed by atoms with Crippen molar-refractivity contribution in [1.82, 2.24) is 4.90 Å². The average Bonchev–Trinajstić information content (AvgIpc) is 2.63. The quantitative estimate of drug-likeness (QED) is 0.233. The number of rotatable bonds is 18. The molecule has 0 aromatic rings. The Morgan fingerprint density at radius 2 is 1.37 bits per heavy atom. The molecule has 0 aromatic heterocycles. The zero-order valence-corrected chi connectivity index (χ0v) is 16.5. The standard InChI is InChI=1S/C17H33NO9/c1-15(19)18(2)12-16(20)13-27-17(21)14-26-11-10-25-9-8-24-7-6-23-5-4-22-3/h16,20H,4-14H2,1-3H3/t16-/m0/s1. The Morgan fingerprint density at radius 3 is 1.85 bits per heavy atom. The van der Waals surface area contributed by atoms with Crippen LogP contribution < -0.4 is 0 Å². The molecule has 10 nitrogen and oxygen atoms in total. The highest BCUT2D eigenvalue weighted by Gasteiger charge is 2.13. The highest BCUT2D eigenvalue weighted by atomic mass is 16.6. The smallest absolute Gasteiger partial charge is 0.332 e. The summed E-state index contributed by atoms with van der Waals surface area (Å²) in [4.78, 5) is 23.8. The van der Waals surface area contributed by atoms with E-state index in [4.69, 9.17) is 28.4 Å². The van der Waals surface area contributed by atoms with Crippen molar-refractivity contribution in [3.8, 4) is 0 Å². The maximum Gasteiger partial charge on any atom is 0.332 e. The Kier molecular flexibility index (Phi) is 17.2. The molecule has 0 fully saturated rings. The second kappa shape index (κ2) is 18.1. The molecule has 1 N–H and O–H groups in total. The molecule has 27 heavy (non-hydrogen) atoms. The van der Waals surface area contributed by atoms with Gasteiger partial charge in [0.2, 0.25) is 5.91 Å². The average molecular weight is 395 g/mol. The van der Waals surface area contributed by atoms with Gasteiger partial charge in [-0.15, -0.1) is 0 Å². The van der Waals surface area contributed by atoms with Crippen LogP contribution in [0.4, 0.5) is 0 Å². The number of aliphatic hydroxyl groups excluding tert-OH is 1. The van der Waals surface area contributed by atoms with Gasteiger partial charge in [0.15, 0.2) is 0 Å². The van der Waals surface area contributed by atoms with Crippen molar-refractivity contribution in [2.75, 3.05) is 86.8 Å². The Labute approximate surface area is 160 Å². The van der Waals surface area contributed by atoms with Crippen molar-refractivity contribution in [3.05, 3.63) is 0 Å². The molecule has 160 valence electrons. The predicted molar refractivity (Wildman–Crippen MR) is 95.4 cm³/mol. The van der Waals surface area contributed by atoms with Crippen LogP contribution in [0, 0.1) is 0 Å². The van der Waals surface area contributed by atoms with Crippen LogP contribution in [0.1, 0.15) is 6.92 Å². The third-order valence-electron chi connectivity index (χ3n) is 3.23. The molecule has 0 saturated carbocycles. The Bertz CT molecular complexity index is 381. The molecule has 0 aromatic carbocycles. The summed E-state index contributed by atoms with van der Waals surface area (Å²) >= 11 is 0. The molecule has 0 heterocycles. The number of likely N-dealkylation sites (N-methyl/N-ethyl adjacent to an activating group) is 1. The number of methoxy groups -OCH3 is 1. The van der Waals surface area contributed by atoms with Gasteiger partial charge in [-0.3, -0.25) is 4.79 Å². The third kappa shape index (κ3) is 17.9. The summed E-state index contributed by atoms with van der Waals surface area (Å²) in [5.41, 5.74) is 0. The van der Waals surface area contributed by atoms with E-state index in [9.17, 15) is 14.7 Å². The fourth-order valence-corrected chi connectivity index (χ4v) is 1.69. The maximum atomic E-state index is 11.4. The number of hydrogen-bond acceptors (Lipinski definition) is 9. The van der Waals surface area contributed by atoms with Gasteiger partial charge in [-0.25, -0.2) is 4.79 Å². The summed E-state index contributed by atoms with van der Waals surface area (Å²) in [5, 5.41) is 9.64. The van der Waals surface area contributed by atoms with Gasteiger partial charge in [0.05, 0.1) is 52.9 Å². The second-order valence-electron chi connectivity index (χ2n) is 5.62. The van der Waals surface area contributed by atoms with Crippen LogP contribution in [0.5, 0.6) is 0 Å². The molecular weight excluding hydrogens is 362 g/mol. The van der Waals surface area contributed by atoms with Crippen molar-refractivity contribution in [2.45, 2.75) is 13.0 Å². The summed E-state index contributed by atoms with van der Waals surface area (Å²) in [6, 6.07) is 0. The van der Waals surface area contributed by atoms with Crippen LogP contribution in [0.25, 0.3) is 0 Å². The van der Waals surface area contributed by atoms with Crippen LogP contribution in [0.15, 0.2) is 0 Å². The monoisotopic (exact) mass is 395 g/mol. The van der Waals surface area contributed by atoms with Crippen LogP contribution in [-0.4, -0.2) is 115 Å². The first-order chi connectivity index (χ1) is 13.0. The fourth-order valence-electron chi connectivity index (χ4n) is 1.69. The number of nitrogens with zero attached hydrogens (tertiary/aromatic N) is 1. The van der Waals surface area contributed by atoms with Gasteiger partial charge < -0.3 is 38.4 Å². The number of hydrogen-bond donors (Lipinski definition) is 1.